The number of thiocarbonyl (C=S) groups is 2. The monoisotopic (exact) mass is 668 g/mol. The Balaban J connectivity index is 1.53. The second kappa shape index (κ2) is 16.7. The SMILES string of the molecule is C/C1=N\C[C@H](Cc2ccc(N=C=S)cc2)/N=C(\C)c2cccc(n2)/C(C)=N/CC(Cc2ccc(N=C=S)cc2)/N=C(\C)c2cccc1n2. The van der Waals surface area contributed by atoms with Crippen molar-refractivity contribution in [1.29, 1.82) is 0 Å². The van der Waals surface area contributed by atoms with Crippen LogP contribution in [0.15, 0.2) is 115 Å². The van der Waals surface area contributed by atoms with Gasteiger partial charge < -0.3 is 0 Å². The first kappa shape index (κ1) is 34.4. The van der Waals surface area contributed by atoms with Gasteiger partial charge in [-0.3, -0.25) is 20.0 Å². The molecule has 1 unspecified atom stereocenters. The molecule has 240 valence electrons. The number of hydrogen-bond donors (Lipinski definition) is 0. The molecule has 0 aliphatic carbocycles. The molecule has 0 spiro atoms. The summed E-state index contributed by atoms with van der Waals surface area (Å²) in [5.41, 5.74) is 10.4. The molecule has 0 saturated carbocycles. The van der Waals surface area contributed by atoms with E-state index >= 15 is 0 Å². The minimum Gasteiger partial charge on any atom is -0.286 e. The van der Waals surface area contributed by atoms with Gasteiger partial charge in [-0.2, -0.15) is 9.98 Å². The van der Waals surface area contributed by atoms with Crippen LogP contribution in [0.4, 0.5) is 11.4 Å². The molecule has 2 aromatic carbocycles. The Labute approximate surface area is 292 Å². The molecular weight excluding hydrogens is 633 g/mol. The summed E-state index contributed by atoms with van der Waals surface area (Å²) in [4.78, 5) is 38.3. The standard InChI is InChI=1S/C38H36N8S2/c1-25-35-7-5-9-37(45-35)27(3)44-34(20-30-13-17-32(18-14-30)42-24-48)22-40-26(2)36-8-6-10-38(46-36)28(4)43-33(21-39-25)19-29-11-15-31(16-12-29)41-23-47/h5-18,33-34H,19-22H2,1-4H3/b39-25+,40-26+,43-28+,44-27+/t33-,34?/m0/s1. The topological polar surface area (TPSA) is 99.9 Å². The molecule has 0 fully saturated rings. The highest BCUT2D eigenvalue weighted by atomic mass is 32.1. The highest BCUT2D eigenvalue weighted by molar-refractivity contribution is 7.78. The van der Waals surface area contributed by atoms with Crippen LogP contribution in [0.25, 0.3) is 0 Å². The molecule has 0 N–H and O–H groups in total. The average Bonchev–Trinajstić information content (AvgIpc) is 3.10. The summed E-state index contributed by atoms with van der Waals surface area (Å²) in [5.74, 6) is 0. The zero-order valence-electron chi connectivity index (χ0n) is 27.5. The van der Waals surface area contributed by atoms with E-state index in [2.05, 4.69) is 20.3 Å². The number of rotatable bonds is 6. The van der Waals surface area contributed by atoms with E-state index in [0.717, 1.165) is 68.1 Å². The third-order valence-corrected chi connectivity index (χ3v) is 8.16. The molecule has 8 nitrogen and oxygen atoms in total. The van der Waals surface area contributed by atoms with Gasteiger partial charge in [-0.05, 0) is 125 Å². The van der Waals surface area contributed by atoms with Crippen molar-refractivity contribution >= 4 is 69.0 Å². The van der Waals surface area contributed by atoms with E-state index in [1.54, 1.807) is 0 Å². The predicted octanol–water partition coefficient (Wildman–Crippen LogP) is 8.12. The Kier molecular flexibility index (Phi) is 12.0. The van der Waals surface area contributed by atoms with E-state index < -0.39 is 0 Å². The predicted molar refractivity (Wildman–Crippen MR) is 204 cm³/mol. The van der Waals surface area contributed by atoms with E-state index in [9.17, 15) is 0 Å². The van der Waals surface area contributed by atoms with Crippen LogP contribution in [0.5, 0.6) is 0 Å². The summed E-state index contributed by atoms with van der Waals surface area (Å²) >= 11 is 9.51. The molecule has 10 heteroatoms. The fourth-order valence-corrected chi connectivity index (χ4v) is 5.58. The number of benzene rings is 2. The van der Waals surface area contributed by atoms with E-state index in [1.165, 1.54) is 0 Å². The fraction of sp³-hybridized carbons (Fsp3) is 0.263. The van der Waals surface area contributed by atoms with Gasteiger partial charge in [-0.25, -0.2) is 9.97 Å². The van der Waals surface area contributed by atoms with Gasteiger partial charge in [-0.1, -0.05) is 36.4 Å². The van der Waals surface area contributed by atoms with Crippen molar-refractivity contribution < 1.29 is 0 Å². The van der Waals surface area contributed by atoms with Crippen LogP contribution in [0.2, 0.25) is 0 Å². The van der Waals surface area contributed by atoms with Crippen molar-refractivity contribution in [2.24, 2.45) is 30.0 Å². The second-order valence-corrected chi connectivity index (χ2v) is 11.9. The average molecular weight is 669 g/mol. The molecule has 5 rings (SSSR count). The maximum Gasteiger partial charge on any atom is 0.0845 e. The number of pyridine rings is 2. The van der Waals surface area contributed by atoms with Crippen LogP contribution in [0.1, 0.15) is 61.6 Å². The van der Waals surface area contributed by atoms with Gasteiger partial charge in [0.2, 0.25) is 0 Å². The van der Waals surface area contributed by atoms with Gasteiger partial charge in [0, 0.05) is 0 Å². The van der Waals surface area contributed by atoms with Crippen LogP contribution in [0.3, 0.4) is 0 Å². The minimum absolute atomic E-state index is 0.124. The van der Waals surface area contributed by atoms with E-state index in [-0.39, 0.29) is 12.1 Å². The van der Waals surface area contributed by atoms with Crippen molar-refractivity contribution in [1.82, 2.24) is 9.97 Å². The van der Waals surface area contributed by atoms with Crippen LogP contribution in [-0.2, 0) is 12.8 Å². The molecule has 3 heterocycles. The van der Waals surface area contributed by atoms with Gasteiger partial charge in [0.1, 0.15) is 0 Å². The lowest BCUT2D eigenvalue weighted by atomic mass is 10.0. The molecule has 4 bridgehead atoms. The Bertz CT molecular complexity index is 1840. The van der Waals surface area contributed by atoms with Gasteiger partial charge >= 0.3 is 0 Å². The third-order valence-electron chi connectivity index (χ3n) is 7.98. The van der Waals surface area contributed by atoms with Crippen LogP contribution in [0, 0.1) is 0 Å². The smallest absolute Gasteiger partial charge is 0.0845 e. The molecule has 2 atom stereocenters. The van der Waals surface area contributed by atoms with Crippen molar-refractivity contribution in [2.45, 2.75) is 52.6 Å². The number of nitrogens with zero attached hydrogens (tertiary/aromatic N) is 8. The van der Waals surface area contributed by atoms with Crippen LogP contribution >= 0.6 is 24.4 Å². The Morgan fingerprint density at radius 2 is 0.896 bits per heavy atom. The van der Waals surface area contributed by atoms with E-state index in [1.807, 2.05) is 113 Å². The summed E-state index contributed by atoms with van der Waals surface area (Å²) in [6.07, 6.45) is 1.39. The van der Waals surface area contributed by atoms with E-state index in [4.69, 9.17) is 54.4 Å². The number of fused-ring (bicyclic) bond motifs is 4. The summed E-state index contributed by atoms with van der Waals surface area (Å²) < 4.78 is 0. The summed E-state index contributed by atoms with van der Waals surface area (Å²) in [5, 5.41) is 4.84. The maximum atomic E-state index is 5.15. The van der Waals surface area contributed by atoms with Gasteiger partial charge in [0.25, 0.3) is 0 Å². The zero-order valence-corrected chi connectivity index (χ0v) is 29.1. The first-order valence-electron chi connectivity index (χ1n) is 15.7. The maximum absolute atomic E-state index is 5.15. The summed E-state index contributed by atoms with van der Waals surface area (Å²) in [6.45, 7) is 8.95. The quantitative estimate of drug-likeness (QED) is 0.153. The number of aliphatic imine (C=N–C) groups is 6. The molecule has 0 saturated heterocycles. The number of isothiocyanates is 2. The van der Waals surface area contributed by atoms with Gasteiger partial charge in [0.05, 0.1) is 92.5 Å². The number of hydrogen-bond acceptors (Lipinski definition) is 10. The normalized spacial score (nSPS) is 21.2. The first-order chi connectivity index (χ1) is 23.3. The lowest BCUT2D eigenvalue weighted by Gasteiger charge is -2.15. The van der Waals surface area contributed by atoms with E-state index in [0.29, 0.717) is 25.9 Å². The molecule has 0 radical (unpaired) electrons. The molecule has 4 aromatic rings. The third kappa shape index (κ3) is 9.53. The zero-order chi connectivity index (χ0) is 33.9. The van der Waals surface area contributed by atoms with Crippen molar-refractivity contribution in [2.75, 3.05) is 13.1 Å². The van der Waals surface area contributed by atoms with Crippen LogP contribution < -0.4 is 0 Å². The molecule has 0 amide bonds. The minimum atomic E-state index is -0.124. The van der Waals surface area contributed by atoms with Crippen molar-refractivity contribution in [3.8, 4) is 0 Å². The Morgan fingerprint density at radius 1 is 0.542 bits per heavy atom. The lowest BCUT2D eigenvalue weighted by Crippen LogP contribution is -2.19. The molecule has 48 heavy (non-hydrogen) atoms. The Morgan fingerprint density at radius 3 is 1.25 bits per heavy atom. The number of aromatic nitrogens is 2. The highest BCUT2D eigenvalue weighted by Crippen LogP contribution is 2.18. The van der Waals surface area contributed by atoms with Gasteiger partial charge in [0.15, 0.2) is 0 Å². The molecule has 1 aliphatic heterocycles. The molecule has 1 aliphatic rings. The summed E-state index contributed by atoms with van der Waals surface area (Å²) in [6, 6.07) is 27.6. The van der Waals surface area contributed by atoms with Crippen molar-refractivity contribution in [3.05, 3.63) is 119 Å². The summed E-state index contributed by atoms with van der Waals surface area (Å²) in [7, 11) is 0. The van der Waals surface area contributed by atoms with Gasteiger partial charge in [-0.15, -0.1) is 0 Å². The molecule has 2 aromatic heterocycles. The lowest BCUT2D eigenvalue weighted by molar-refractivity contribution is 0.680. The molecular formula is C38H36N8S2. The highest BCUT2D eigenvalue weighted by Gasteiger charge is 2.15. The Hall–Kier alpha value is -4.98. The van der Waals surface area contributed by atoms with Crippen molar-refractivity contribution in [3.63, 3.8) is 0 Å². The second-order valence-electron chi connectivity index (χ2n) is 11.6. The first-order valence-corrected chi connectivity index (χ1v) is 16.5. The van der Waals surface area contributed by atoms with Crippen LogP contribution in [-0.4, -0.2) is 68.3 Å². The fourth-order valence-electron chi connectivity index (χ4n) is 5.37. The largest absolute Gasteiger partial charge is 0.286 e.